The number of para-hydroxylation sites is 1. The summed E-state index contributed by atoms with van der Waals surface area (Å²) >= 11 is 3.17. The molecule has 3 aromatic rings. The quantitative estimate of drug-likeness (QED) is 0.622. The Morgan fingerprint density at radius 2 is 2.11 bits per heavy atom. The number of amides is 2. The Hall–Kier alpha value is -2.25. The largest absolute Gasteiger partial charge is 0.356 e. The number of aryl methyl sites for hydroxylation is 1. The van der Waals surface area contributed by atoms with Crippen molar-refractivity contribution in [2.45, 2.75) is 25.7 Å². The number of piperidine rings is 1. The fraction of sp³-hybridized carbons (Fsp3) is 0.381. The number of thiazole rings is 1. The van der Waals surface area contributed by atoms with E-state index in [1.165, 1.54) is 16.0 Å². The summed E-state index contributed by atoms with van der Waals surface area (Å²) in [4.78, 5) is 32.3. The Bertz CT molecular complexity index is 919. The van der Waals surface area contributed by atoms with Crippen LogP contribution in [0.3, 0.4) is 0 Å². The molecule has 0 bridgehead atoms. The summed E-state index contributed by atoms with van der Waals surface area (Å²) in [6.07, 6.45) is 3.46. The van der Waals surface area contributed by atoms with E-state index >= 15 is 0 Å². The number of likely N-dealkylation sites (tertiary alicyclic amines) is 1. The summed E-state index contributed by atoms with van der Waals surface area (Å²) in [6.45, 7) is 1.89. The Labute approximate surface area is 172 Å². The van der Waals surface area contributed by atoms with Gasteiger partial charge >= 0.3 is 0 Å². The Morgan fingerprint density at radius 3 is 2.93 bits per heavy atom. The van der Waals surface area contributed by atoms with E-state index in [1.807, 2.05) is 40.6 Å². The van der Waals surface area contributed by atoms with Gasteiger partial charge < -0.3 is 10.2 Å². The molecule has 0 radical (unpaired) electrons. The van der Waals surface area contributed by atoms with Crippen molar-refractivity contribution < 1.29 is 9.59 Å². The van der Waals surface area contributed by atoms with E-state index in [0.717, 1.165) is 47.6 Å². The first-order chi connectivity index (χ1) is 13.7. The molecule has 0 saturated carbocycles. The van der Waals surface area contributed by atoms with Gasteiger partial charge in [0.15, 0.2) is 0 Å². The van der Waals surface area contributed by atoms with E-state index < -0.39 is 0 Å². The fourth-order valence-electron chi connectivity index (χ4n) is 3.55. The van der Waals surface area contributed by atoms with Gasteiger partial charge in [0.05, 0.1) is 26.0 Å². The second kappa shape index (κ2) is 8.84. The molecule has 0 spiro atoms. The van der Waals surface area contributed by atoms with Crippen LogP contribution in [0.1, 0.15) is 33.9 Å². The molecule has 3 heterocycles. The van der Waals surface area contributed by atoms with Crippen LogP contribution in [0.2, 0.25) is 0 Å². The summed E-state index contributed by atoms with van der Waals surface area (Å²) in [5, 5.41) is 6.07. The van der Waals surface area contributed by atoms with Crippen LogP contribution in [0.4, 0.5) is 0 Å². The van der Waals surface area contributed by atoms with Gasteiger partial charge in [0, 0.05) is 26.1 Å². The zero-order valence-electron chi connectivity index (χ0n) is 15.6. The molecular formula is C21H23N3O2S2. The monoisotopic (exact) mass is 413 g/mol. The SMILES string of the molecule is O=C(NCCCc1nc2ccccc2s1)C1CCCN(C(=O)c2cccs2)C1. The molecule has 1 N–H and O–H groups in total. The van der Waals surface area contributed by atoms with Crippen LogP contribution in [0.15, 0.2) is 41.8 Å². The molecule has 1 fully saturated rings. The van der Waals surface area contributed by atoms with Crippen LogP contribution in [-0.4, -0.2) is 41.3 Å². The number of aromatic nitrogens is 1. The van der Waals surface area contributed by atoms with Crippen molar-refractivity contribution in [2.75, 3.05) is 19.6 Å². The number of carbonyl (C=O) groups excluding carboxylic acids is 2. The number of nitrogens with one attached hydrogen (secondary N) is 1. The van der Waals surface area contributed by atoms with Gasteiger partial charge in [-0.05, 0) is 42.8 Å². The third kappa shape index (κ3) is 4.42. The average Bonchev–Trinajstić information content (AvgIpc) is 3.40. The fourth-order valence-corrected chi connectivity index (χ4v) is 5.25. The number of hydrogen-bond donors (Lipinski definition) is 1. The molecule has 2 amide bonds. The third-order valence-electron chi connectivity index (χ3n) is 5.02. The summed E-state index contributed by atoms with van der Waals surface area (Å²) in [6, 6.07) is 11.9. The molecule has 5 nitrogen and oxygen atoms in total. The van der Waals surface area contributed by atoms with E-state index in [9.17, 15) is 9.59 Å². The summed E-state index contributed by atoms with van der Waals surface area (Å²) in [5.74, 6) is -0.00331. The van der Waals surface area contributed by atoms with E-state index in [0.29, 0.717) is 13.1 Å². The minimum absolute atomic E-state index is 0.0448. The molecule has 146 valence electrons. The molecular weight excluding hydrogens is 390 g/mol. The van der Waals surface area contributed by atoms with E-state index in [-0.39, 0.29) is 17.7 Å². The number of benzene rings is 1. The summed E-state index contributed by atoms with van der Waals surface area (Å²) < 4.78 is 1.21. The third-order valence-corrected chi connectivity index (χ3v) is 6.97. The van der Waals surface area contributed by atoms with Gasteiger partial charge in [-0.2, -0.15) is 0 Å². The summed E-state index contributed by atoms with van der Waals surface area (Å²) in [5.41, 5.74) is 1.05. The van der Waals surface area contributed by atoms with Crippen LogP contribution >= 0.6 is 22.7 Å². The lowest BCUT2D eigenvalue weighted by atomic mass is 9.97. The molecule has 2 aromatic heterocycles. The first kappa shape index (κ1) is 19.1. The molecule has 1 aromatic carbocycles. The number of thiophene rings is 1. The van der Waals surface area contributed by atoms with Gasteiger partial charge in [0.1, 0.15) is 0 Å². The molecule has 1 unspecified atom stereocenters. The highest BCUT2D eigenvalue weighted by Gasteiger charge is 2.29. The standard InChI is InChI=1S/C21H23N3O2S2/c25-20(15-6-4-12-24(14-15)21(26)18-9-5-13-27-18)22-11-3-10-19-23-16-7-1-2-8-17(16)28-19/h1-2,5,7-9,13,15H,3-4,6,10-12,14H2,(H,22,25). The van der Waals surface area contributed by atoms with Crippen LogP contribution in [-0.2, 0) is 11.2 Å². The maximum atomic E-state index is 12.5. The number of fused-ring (bicyclic) bond motifs is 1. The number of rotatable bonds is 6. The Kier molecular flexibility index (Phi) is 6.02. The first-order valence-corrected chi connectivity index (χ1v) is 11.4. The van der Waals surface area contributed by atoms with Crippen molar-refractivity contribution in [2.24, 2.45) is 5.92 Å². The second-order valence-corrected chi connectivity index (χ2v) is 9.10. The maximum absolute atomic E-state index is 12.5. The molecule has 4 rings (SSSR count). The number of hydrogen-bond acceptors (Lipinski definition) is 5. The zero-order chi connectivity index (χ0) is 19.3. The van der Waals surface area contributed by atoms with Gasteiger partial charge in [-0.15, -0.1) is 22.7 Å². The molecule has 7 heteroatoms. The lowest BCUT2D eigenvalue weighted by molar-refractivity contribution is -0.126. The van der Waals surface area contributed by atoms with E-state index in [1.54, 1.807) is 11.3 Å². The highest BCUT2D eigenvalue weighted by molar-refractivity contribution is 7.18. The van der Waals surface area contributed by atoms with E-state index in [2.05, 4.69) is 16.4 Å². The lowest BCUT2D eigenvalue weighted by Crippen LogP contribution is -2.45. The average molecular weight is 414 g/mol. The van der Waals surface area contributed by atoms with Gasteiger partial charge in [0.2, 0.25) is 5.91 Å². The Balaban J connectivity index is 1.23. The highest BCUT2D eigenvalue weighted by Crippen LogP contribution is 2.23. The highest BCUT2D eigenvalue weighted by atomic mass is 32.1. The number of carbonyl (C=O) groups is 2. The smallest absolute Gasteiger partial charge is 0.263 e. The van der Waals surface area contributed by atoms with Crippen molar-refractivity contribution in [3.8, 4) is 0 Å². The minimum Gasteiger partial charge on any atom is -0.356 e. The normalized spacial score (nSPS) is 17.0. The van der Waals surface area contributed by atoms with Crippen molar-refractivity contribution in [3.63, 3.8) is 0 Å². The van der Waals surface area contributed by atoms with Crippen molar-refractivity contribution in [1.29, 1.82) is 0 Å². The van der Waals surface area contributed by atoms with E-state index in [4.69, 9.17) is 0 Å². The first-order valence-electron chi connectivity index (χ1n) is 9.65. The second-order valence-electron chi connectivity index (χ2n) is 7.04. The molecule has 1 saturated heterocycles. The van der Waals surface area contributed by atoms with Gasteiger partial charge in [-0.1, -0.05) is 18.2 Å². The van der Waals surface area contributed by atoms with Crippen LogP contribution in [0, 0.1) is 5.92 Å². The van der Waals surface area contributed by atoms with Crippen LogP contribution in [0.5, 0.6) is 0 Å². The summed E-state index contributed by atoms with van der Waals surface area (Å²) in [7, 11) is 0. The predicted octanol–water partition coefficient (Wildman–Crippen LogP) is 3.96. The van der Waals surface area contributed by atoms with Gasteiger partial charge in [0.25, 0.3) is 5.91 Å². The molecule has 1 aliphatic heterocycles. The maximum Gasteiger partial charge on any atom is 0.263 e. The van der Waals surface area contributed by atoms with Crippen molar-refractivity contribution >= 4 is 44.7 Å². The minimum atomic E-state index is -0.111. The molecule has 1 atom stereocenters. The number of nitrogens with zero attached hydrogens (tertiary/aromatic N) is 2. The lowest BCUT2D eigenvalue weighted by Gasteiger charge is -2.31. The predicted molar refractivity (Wildman–Crippen MR) is 114 cm³/mol. The van der Waals surface area contributed by atoms with Gasteiger partial charge in [-0.3, -0.25) is 9.59 Å². The van der Waals surface area contributed by atoms with Crippen molar-refractivity contribution in [3.05, 3.63) is 51.7 Å². The Morgan fingerprint density at radius 1 is 1.21 bits per heavy atom. The molecule has 1 aliphatic rings. The zero-order valence-corrected chi connectivity index (χ0v) is 17.2. The van der Waals surface area contributed by atoms with Crippen molar-refractivity contribution in [1.82, 2.24) is 15.2 Å². The van der Waals surface area contributed by atoms with Crippen LogP contribution in [0.25, 0.3) is 10.2 Å². The van der Waals surface area contributed by atoms with Crippen LogP contribution < -0.4 is 5.32 Å². The molecule has 0 aliphatic carbocycles. The molecule has 28 heavy (non-hydrogen) atoms. The van der Waals surface area contributed by atoms with Gasteiger partial charge in [-0.25, -0.2) is 4.98 Å². The topological polar surface area (TPSA) is 62.3 Å².